The molecule has 0 aromatic heterocycles. The molecular formula is C18H19F2NO2. The molecule has 0 saturated carbocycles. The number of hydrogen-bond acceptors (Lipinski definition) is 2. The molecule has 0 radical (unpaired) electrons. The molecular weight excluding hydrogens is 300 g/mol. The number of halogens is 2. The second-order valence-corrected chi connectivity index (χ2v) is 6.20. The summed E-state index contributed by atoms with van der Waals surface area (Å²) in [5, 5.41) is 2.52. The van der Waals surface area contributed by atoms with E-state index < -0.39 is 17.0 Å². The number of nitrogens with one attached hydrogen (secondary N) is 1. The highest BCUT2D eigenvalue weighted by Gasteiger charge is 2.26. The zero-order valence-electron chi connectivity index (χ0n) is 13.5. The molecule has 0 saturated heterocycles. The summed E-state index contributed by atoms with van der Waals surface area (Å²) in [5.74, 6) is -2.16. The van der Waals surface area contributed by atoms with Crippen molar-refractivity contribution in [3.05, 3.63) is 48.0 Å². The van der Waals surface area contributed by atoms with Crippen LogP contribution in [0.2, 0.25) is 0 Å². The Bertz CT molecular complexity index is 722. The molecule has 0 unspecified atom stereocenters. The highest BCUT2D eigenvalue weighted by atomic mass is 19.1. The topological polar surface area (TPSA) is 38.3 Å². The fraction of sp³-hybridized carbons (Fsp3) is 0.278. The second kappa shape index (κ2) is 6.36. The average molecular weight is 319 g/mol. The van der Waals surface area contributed by atoms with Crippen LogP contribution in [0.15, 0.2) is 36.4 Å². The quantitative estimate of drug-likeness (QED) is 0.896. The minimum Gasteiger partial charge on any atom is -0.492 e. The summed E-state index contributed by atoms with van der Waals surface area (Å²) < 4.78 is 34.2. The Morgan fingerprint density at radius 1 is 1.13 bits per heavy atom. The normalized spacial score (nSPS) is 11.2. The van der Waals surface area contributed by atoms with E-state index in [1.807, 2.05) is 0 Å². The monoisotopic (exact) mass is 319 g/mol. The van der Waals surface area contributed by atoms with Crippen molar-refractivity contribution in [2.75, 3.05) is 12.4 Å². The molecule has 0 heterocycles. The first-order valence-corrected chi connectivity index (χ1v) is 7.18. The lowest BCUT2D eigenvalue weighted by molar-refractivity contribution is -0.123. The summed E-state index contributed by atoms with van der Waals surface area (Å²) in [6.07, 6.45) is 0. The van der Waals surface area contributed by atoms with Crippen molar-refractivity contribution in [3.63, 3.8) is 0 Å². The van der Waals surface area contributed by atoms with Crippen molar-refractivity contribution in [2.24, 2.45) is 5.41 Å². The van der Waals surface area contributed by atoms with Crippen LogP contribution in [0.25, 0.3) is 11.1 Å². The van der Waals surface area contributed by atoms with Crippen LogP contribution in [0.1, 0.15) is 20.8 Å². The minimum absolute atomic E-state index is 0.0258. The van der Waals surface area contributed by atoms with E-state index in [1.165, 1.54) is 7.11 Å². The number of carbonyl (C=O) groups excluding carboxylic acids is 1. The zero-order chi connectivity index (χ0) is 17.2. The number of carbonyl (C=O) groups is 1. The molecule has 5 heteroatoms. The molecule has 0 aliphatic heterocycles. The zero-order valence-corrected chi connectivity index (χ0v) is 13.5. The van der Waals surface area contributed by atoms with E-state index >= 15 is 0 Å². The maximum absolute atomic E-state index is 14.7. The maximum Gasteiger partial charge on any atom is 0.229 e. The molecule has 0 spiro atoms. The Morgan fingerprint density at radius 3 is 2.26 bits per heavy atom. The lowest BCUT2D eigenvalue weighted by Gasteiger charge is -2.20. The van der Waals surface area contributed by atoms with Gasteiger partial charge in [0.1, 0.15) is 5.82 Å². The van der Waals surface area contributed by atoms with Crippen molar-refractivity contribution in [1.82, 2.24) is 0 Å². The van der Waals surface area contributed by atoms with Gasteiger partial charge in [0.05, 0.1) is 18.4 Å². The van der Waals surface area contributed by atoms with E-state index in [-0.39, 0.29) is 22.9 Å². The molecule has 1 amide bonds. The molecule has 122 valence electrons. The third-order valence-corrected chi connectivity index (χ3v) is 3.37. The van der Waals surface area contributed by atoms with Gasteiger partial charge < -0.3 is 10.1 Å². The van der Waals surface area contributed by atoms with Crippen LogP contribution >= 0.6 is 0 Å². The van der Waals surface area contributed by atoms with Gasteiger partial charge in [-0.2, -0.15) is 0 Å². The summed E-state index contributed by atoms with van der Waals surface area (Å²) in [5.41, 5.74) is -0.511. The highest BCUT2D eigenvalue weighted by molar-refractivity contribution is 5.96. The van der Waals surface area contributed by atoms with Crippen LogP contribution in [0.4, 0.5) is 14.5 Å². The molecule has 23 heavy (non-hydrogen) atoms. The molecule has 0 atom stereocenters. The number of hydrogen-bond donors (Lipinski definition) is 1. The van der Waals surface area contributed by atoms with E-state index in [2.05, 4.69) is 5.32 Å². The van der Waals surface area contributed by atoms with Gasteiger partial charge in [0.2, 0.25) is 5.91 Å². The molecule has 0 aliphatic rings. The van der Waals surface area contributed by atoms with E-state index in [4.69, 9.17) is 4.74 Å². The third-order valence-electron chi connectivity index (χ3n) is 3.37. The van der Waals surface area contributed by atoms with Crippen LogP contribution in [0.5, 0.6) is 5.75 Å². The van der Waals surface area contributed by atoms with E-state index in [9.17, 15) is 13.6 Å². The van der Waals surface area contributed by atoms with Gasteiger partial charge in [0, 0.05) is 11.5 Å². The molecule has 2 aromatic rings. The Balaban J connectivity index is 2.54. The SMILES string of the molecule is COc1c(NC(=O)C(C)(C)C)cc(F)c(-c2ccccc2)c1F. The Hall–Kier alpha value is -2.43. The Kier molecular flexibility index (Phi) is 4.68. The lowest BCUT2D eigenvalue weighted by Crippen LogP contribution is -2.28. The summed E-state index contributed by atoms with van der Waals surface area (Å²) in [6, 6.07) is 9.43. The average Bonchev–Trinajstić information content (AvgIpc) is 2.47. The van der Waals surface area contributed by atoms with Crippen molar-refractivity contribution in [2.45, 2.75) is 20.8 Å². The van der Waals surface area contributed by atoms with Crippen molar-refractivity contribution < 1.29 is 18.3 Å². The fourth-order valence-corrected chi connectivity index (χ4v) is 2.07. The van der Waals surface area contributed by atoms with Crippen LogP contribution in [0, 0.1) is 17.0 Å². The second-order valence-electron chi connectivity index (χ2n) is 6.20. The number of benzene rings is 2. The minimum atomic E-state index is -0.845. The molecule has 0 bridgehead atoms. The van der Waals surface area contributed by atoms with Gasteiger partial charge in [0.15, 0.2) is 11.6 Å². The first-order chi connectivity index (χ1) is 10.8. The maximum atomic E-state index is 14.7. The van der Waals surface area contributed by atoms with Crippen molar-refractivity contribution >= 4 is 11.6 Å². The van der Waals surface area contributed by atoms with Gasteiger partial charge in [-0.1, -0.05) is 51.1 Å². The summed E-state index contributed by atoms with van der Waals surface area (Å²) in [7, 11) is 1.28. The summed E-state index contributed by atoms with van der Waals surface area (Å²) in [6.45, 7) is 5.12. The van der Waals surface area contributed by atoms with Gasteiger partial charge >= 0.3 is 0 Å². The summed E-state index contributed by atoms with van der Waals surface area (Å²) >= 11 is 0. The third kappa shape index (κ3) is 3.50. The Morgan fingerprint density at radius 2 is 1.74 bits per heavy atom. The van der Waals surface area contributed by atoms with E-state index in [0.717, 1.165) is 6.07 Å². The van der Waals surface area contributed by atoms with Crippen LogP contribution in [-0.4, -0.2) is 13.0 Å². The van der Waals surface area contributed by atoms with Crippen molar-refractivity contribution in [1.29, 1.82) is 0 Å². The largest absolute Gasteiger partial charge is 0.492 e. The van der Waals surface area contributed by atoms with Crippen LogP contribution in [-0.2, 0) is 4.79 Å². The van der Waals surface area contributed by atoms with Gasteiger partial charge in [-0.05, 0) is 5.56 Å². The molecule has 0 fully saturated rings. The van der Waals surface area contributed by atoms with Gasteiger partial charge in [-0.25, -0.2) is 8.78 Å². The lowest BCUT2D eigenvalue weighted by atomic mass is 9.95. The predicted octanol–water partition coefficient (Wildman–Crippen LogP) is 4.63. The van der Waals surface area contributed by atoms with Gasteiger partial charge in [0.25, 0.3) is 0 Å². The first-order valence-electron chi connectivity index (χ1n) is 7.18. The van der Waals surface area contributed by atoms with E-state index in [0.29, 0.717) is 5.56 Å². The standard InChI is InChI=1S/C18H19F2NO2/c1-18(2,3)17(22)21-13-10-12(19)14(15(20)16(13)23-4)11-8-6-5-7-9-11/h5-10H,1-4H3,(H,21,22). The Labute approximate surface area is 134 Å². The van der Waals surface area contributed by atoms with Gasteiger partial charge in [-0.15, -0.1) is 0 Å². The number of anilines is 1. The highest BCUT2D eigenvalue weighted by Crippen LogP contribution is 2.38. The number of amides is 1. The molecule has 2 aromatic carbocycles. The smallest absolute Gasteiger partial charge is 0.229 e. The molecule has 3 nitrogen and oxygen atoms in total. The number of ether oxygens (including phenoxy) is 1. The number of methoxy groups -OCH3 is 1. The first kappa shape index (κ1) is 16.9. The summed E-state index contributed by atoms with van der Waals surface area (Å²) in [4.78, 5) is 12.1. The van der Waals surface area contributed by atoms with Gasteiger partial charge in [-0.3, -0.25) is 4.79 Å². The molecule has 0 aliphatic carbocycles. The van der Waals surface area contributed by atoms with Crippen LogP contribution in [0.3, 0.4) is 0 Å². The van der Waals surface area contributed by atoms with Crippen LogP contribution < -0.4 is 10.1 Å². The number of rotatable bonds is 3. The van der Waals surface area contributed by atoms with E-state index in [1.54, 1.807) is 51.1 Å². The molecule has 2 rings (SSSR count). The molecule has 1 N–H and O–H groups in total. The van der Waals surface area contributed by atoms with Crippen molar-refractivity contribution in [3.8, 4) is 16.9 Å². The fourth-order valence-electron chi connectivity index (χ4n) is 2.07. The predicted molar refractivity (Wildman–Crippen MR) is 86.4 cm³/mol.